The average molecular weight is 336 g/mol. The number of hydrogen-bond donors (Lipinski definition) is 0. The average Bonchev–Trinajstić information content (AvgIpc) is 2.53. The molecule has 0 spiro atoms. The maximum absolute atomic E-state index is 12.9. The summed E-state index contributed by atoms with van der Waals surface area (Å²) in [5.41, 5.74) is 0.552. The van der Waals surface area contributed by atoms with E-state index in [1.807, 2.05) is 32.2 Å². The standard InChI is InChI=1S/C19H23F3N2/c1-17(2,14-6-5-9-23-11-14)7-8-18(3,4)15-10-16(13-24-12-15)19(20,21)22/h5-6,9-13H,7-8H2,1-4H3. The van der Waals surface area contributed by atoms with Crippen LogP contribution in [0.1, 0.15) is 57.2 Å². The van der Waals surface area contributed by atoms with Gasteiger partial charge in [-0.05, 0) is 46.9 Å². The fraction of sp³-hybridized carbons (Fsp3) is 0.474. The van der Waals surface area contributed by atoms with Gasteiger partial charge in [0.15, 0.2) is 0 Å². The molecule has 0 unspecified atom stereocenters. The van der Waals surface area contributed by atoms with Gasteiger partial charge in [-0.15, -0.1) is 0 Å². The lowest BCUT2D eigenvalue weighted by Crippen LogP contribution is -2.25. The zero-order valence-corrected chi connectivity index (χ0v) is 14.5. The first-order valence-corrected chi connectivity index (χ1v) is 7.96. The predicted octanol–water partition coefficient (Wildman–Crippen LogP) is 5.53. The maximum atomic E-state index is 12.9. The molecular formula is C19H23F3N2. The van der Waals surface area contributed by atoms with E-state index in [4.69, 9.17) is 0 Å². The molecule has 0 aliphatic rings. The maximum Gasteiger partial charge on any atom is 0.417 e. The Bertz CT molecular complexity index is 677. The SMILES string of the molecule is CC(C)(CCC(C)(C)c1cncc(C(F)(F)F)c1)c1cccnc1. The molecule has 0 aromatic carbocycles. The summed E-state index contributed by atoms with van der Waals surface area (Å²) in [5.74, 6) is 0. The van der Waals surface area contributed by atoms with Crippen LogP contribution in [0.5, 0.6) is 0 Å². The van der Waals surface area contributed by atoms with Gasteiger partial charge in [0, 0.05) is 24.8 Å². The van der Waals surface area contributed by atoms with Crippen LogP contribution in [-0.2, 0) is 17.0 Å². The van der Waals surface area contributed by atoms with Crippen molar-refractivity contribution in [2.45, 2.75) is 57.5 Å². The minimum Gasteiger partial charge on any atom is -0.264 e. The monoisotopic (exact) mass is 336 g/mol. The highest BCUT2D eigenvalue weighted by Gasteiger charge is 2.33. The van der Waals surface area contributed by atoms with Crippen molar-refractivity contribution in [2.75, 3.05) is 0 Å². The minimum atomic E-state index is -4.37. The van der Waals surface area contributed by atoms with Crippen LogP contribution in [0.4, 0.5) is 13.2 Å². The third-order valence-corrected chi connectivity index (χ3v) is 4.67. The number of alkyl halides is 3. The van der Waals surface area contributed by atoms with Gasteiger partial charge < -0.3 is 0 Å². The summed E-state index contributed by atoms with van der Waals surface area (Å²) >= 11 is 0. The van der Waals surface area contributed by atoms with Crippen molar-refractivity contribution in [3.8, 4) is 0 Å². The van der Waals surface area contributed by atoms with Crippen LogP contribution in [-0.4, -0.2) is 9.97 Å². The zero-order chi connectivity index (χ0) is 18.0. The van der Waals surface area contributed by atoms with E-state index in [-0.39, 0.29) is 5.41 Å². The second kappa shape index (κ2) is 6.54. The second-order valence-electron chi connectivity index (χ2n) is 7.47. The predicted molar refractivity (Wildman–Crippen MR) is 88.8 cm³/mol. The van der Waals surface area contributed by atoms with Crippen LogP contribution >= 0.6 is 0 Å². The van der Waals surface area contributed by atoms with Gasteiger partial charge in [0.1, 0.15) is 0 Å². The highest BCUT2D eigenvalue weighted by Crippen LogP contribution is 2.37. The lowest BCUT2D eigenvalue weighted by atomic mass is 9.73. The van der Waals surface area contributed by atoms with Crippen molar-refractivity contribution >= 4 is 0 Å². The van der Waals surface area contributed by atoms with Crippen LogP contribution in [0.2, 0.25) is 0 Å². The van der Waals surface area contributed by atoms with Crippen LogP contribution in [0.15, 0.2) is 43.0 Å². The van der Waals surface area contributed by atoms with Crippen LogP contribution in [0, 0.1) is 0 Å². The van der Waals surface area contributed by atoms with Crippen molar-refractivity contribution in [2.24, 2.45) is 0 Å². The molecule has 2 heterocycles. The Morgan fingerprint density at radius 2 is 1.33 bits per heavy atom. The molecule has 0 saturated carbocycles. The van der Waals surface area contributed by atoms with Crippen molar-refractivity contribution in [3.05, 3.63) is 59.7 Å². The molecule has 130 valence electrons. The lowest BCUT2D eigenvalue weighted by Gasteiger charge is -2.32. The number of aromatic nitrogens is 2. The molecule has 0 radical (unpaired) electrons. The van der Waals surface area contributed by atoms with Crippen molar-refractivity contribution in [3.63, 3.8) is 0 Å². The molecule has 2 aromatic rings. The normalized spacial score (nSPS) is 13.1. The van der Waals surface area contributed by atoms with Gasteiger partial charge in [0.2, 0.25) is 0 Å². The smallest absolute Gasteiger partial charge is 0.264 e. The van der Waals surface area contributed by atoms with Gasteiger partial charge in [-0.2, -0.15) is 13.2 Å². The van der Waals surface area contributed by atoms with Gasteiger partial charge in [0.05, 0.1) is 5.56 Å². The van der Waals surface area contributed by atoms with Crippen molar-refractivity contribution < 1.29 is 13.2 Å². The van der Waals surface area contributed by atoms with Crippen molar-refractivity contribution in [1.82, 2.24) is 9.97 Å². The summed E-state index contributed by atoms with van der Waals surface area (Å²) in [6.45, 7) is 8.18. The van der Waals surface area contributed by atoms with Gasteiger partial charge in [-0.1, -0.05) is 33.8 Å². The number of hydrogen-bond acceptors (Lipinski definition) is 2. The molecule has 24 heavy (non-hydrogen) atoms. The molecule has 2 rings (SSSR count). The number of nitrogens with zero attached hydrogens (tertiary/aromatic N) is 2. The first kappa shape index (κ1) is 18.4. The number of rotatable bonds is 5. The molecule has 2 nitrogen and oxygen atoms in total. The molecule has 0 amide bonds. The molecule has 0 saturated heterocycles. The third kappa shape index (κ3) is 4.34. The fourth-order valence-electron chi connectivity index (χ4n) is 2.64. The Kier molecular flexibility index (Phi) is 5.02. The van der Waals surface area contributed by atoms with E-state index in [1.165, 1.54) is 12.3 Å². The summed E-state index contributed by atoms with van der Waals surface area (Å²) in [4.78, 5) is 7.95. The highest BCUT2D eigenvalue weighted by molar-refractivity contribution is 5.27. The lowest BCUT2D eigenvalue weighted by molar-refractivity contribution is -0.137. The largest absolute Gasteiger partial charge is 0.417 e. The van der Waals surface area contributed by atoms with Gasteiger partial charge in [0.25, 0.3) is 0 Å². The van der Waals surface area contributed by atoms with Crippen LogP contribution in [0.25, 0.3) is 0 Å². The van der Waals surface area contributed by atoms with Crippen molar-refractivity contribution in [1.29, 1.82) is 0 Å². The zero-order valence-electron chi connectivity index (χ0n) is 14.5. The Hall–Kier alpha value is -1.91. The van der Waals surface area contributed by atoms with E-state index in [0.717, 1.165) is 24.6 Å². The Balaban J connectivity index is 2.17. The summed E-state index contributed by atoms with van der Waals surface area (Å²) in [6.07, 6.45) is 3.20. The molecule has 0 fully saturated rings. The molecule has 2 aromatic heterocycles. The van der Waals surface area contributed by atoms with Crippen LogP contribution < -0.4 is 0 Å². The van der Waals surface area contributed by atoms with E-state index >= 15 is 0 Å². The van der Waals surface area contributed by atoms with Gasteiger partial charge in [-0.3, -0.25) is 9.97 Å². The van der Waals surface area contributed by atoms with Gasteiger partial charge >= 0.3 is 6.18 Å². The minimum absolute atomic E-state index is 0.0966. The Morgan fingerprint density at radius 3 is 1.88 bits per heavy atom. The summed E-state index contributed by atoms with van der Waals surface area (Å²) < 4.78 is 38.7. The fourth-order valence-corrected chi connectivity index (χ4v) is 2.64. The quantitative estimate of drug-likeness (QED) is 0.717. The van der Waals surface area contributed by atoms with E-state index in [9.17, 15) is 13.2 Å². The topological polar surface area (TPSA) is 25.8 Å². The summed E-state index contributed by atoms with van der Waals surface area (Å²) in [6, 6.07) is 5.15. The number of pyridine rings is 2. The molecule has 0 N–H and O–H groups in total. The second-order valence-corrected chi connectivity index (χ2v) is 7.47. The molecule has 0 aliphatic heterocycles. The summed E-state index contributed by atoms with van der Waals surface area (Å²) in [7, 11) is 0. The molecular weight excluding hydrogens is 313 g/mol. The van der Waals surface area contributed by atoms with Gasteiger partial charge in [-0.25, -0.2) is 0 Å². The van der Waals surface area contributed by atoms with E-state index in [2.05, 4.69) is 23.8 Å². The first-order chi connectivity index (χ1) is 11.0. The Labute approximate surface area is 141 Å². The number of halogens is 3. The van der Waals surface area contributed by atoms with E-state index in [1.54, 1.807) is 6.20 Å². The molecule has 0 atom stereocenters. The molecule has 0 aliphatic carbocycles. The Morgan fingerprint density at radius 1 is 0.792 bits per heavy atom. The van der Waals surface area contributed by atoms with Crippen LogP contribution in [0.3, 0.4) is 0 Å². The molecule has 5 heteroatoms. The third-order valence-electron chi connectivity index (χ3n) is 4.67. The van der Waals surface area contributed by atoms with E-state index in [0.29, 0.717) is 5.56 Å². The summed E-state index contributed by atoms with van der Waals surface area (Å²) in [5, 5.41) is 0. The van der Waals surface area contributed by atoms with E-state index < -0.39 is 17.2 Å². The highest BCUT2D eigenvalue weighted by atomic mass is 19.4. The first-order valence-electron chi connectivity index (χ1n) is 7.96. The molecule has 0 bridgehead atoms.